The van der Waals surface area contributed by atoms with Crippen LogP contribution in [0.15, 0.2) is 72.8 Å². The van der Waals surface area contributed by atoms with Crippen molar-refractivity contribution in [3.63, 3.8) is 0 Å². The lowest BCUT2D eigenvalue weighted by atomic mass is 10.0. The first-order chi connectivity index (χ1) is 18.6. The fraction of sp³-hybridized carbons (Fsp3) is 0.441. The average molecular weight is 517 g/mol. The molecule has 0 spiro atoms. The molecule has 0 fully saturated rings. The summed E-state index contributed by atoms with van der Waals surface area (Å²) in [7, 11) is 0. The Morgan fingerprint density at radius 1 is 0.632 bits per heavy atom. The molecule has 204 valence electrons. The lowest BCUT2D eigenvalue weighted by Crippen LogP contribution is -2.08. The summed E-state index contributed by atoms with van der Waals surface area (Å²) < 4.78 is 17.3. The summed E-state index contributed by atoms with van der Waals surface area (Å²) in [6.45, 7) is 7.98. The van der Waals surface area contributed by atoms with Crippen LogP contribution in [-0.2, 0) is 4.74 Å². The maximum atomic E-state index is 12.7. The molecule has 0 saturated carbocycles. The van der Waals surface area contributed by atoms with E-state index in [9.17, 15) is 4.79 Å². The van der Waals surface area contributed by atoms with Crippen molar-refractivity contribution in [3.8, 4) is 22.6 Å². The van der Waals surface area contributed by atoms with Crippen LogP contribution < -0.4 is 9.47 Å². The summed E-state index contributed by atoms with van der Waals surface area (Å²) in [4.78, 5) is 12.7. The Hall–Kier alpha value is -3.11. The van der Waals surface area contributed by atoms with E-state index in [0.717, 1.165) is 54.9 Å². The van der Waals surface area contributed by atoms with Gasteiger partial charge in [-0.15, -0.1) is 0 Å². The van der Waals surface area contributed by atoms with Gasteiger partial charge in [-0.05, 0) is 72.9 Å². The number of hydrogen-bond donors (Lipinski definition) is 0. The summed E-state index contributed by atoms with van der Waals surface area (Å²) in [6, 6.07) is 23.1. The first-order valence-electron chi connectivity index (χ1n) is 14.4. The number of carbonyl (C=O) groups excluding carboxylic acids is 1. The standard InChI is InChI=1S/C34H44O4/c1-4-6-8-9-10-11-12-26-36-27(3)28-17-23-33(24-18-28)38-34(35)31-15-13-29(14-16-31)30-19-21-32(22-20-30)37-25-7-5-2/h13-24,27H,4-12,25-26H2,1-3H3. The Bertz CT molecular complexity index is 1060. The molecule has 38 heavy (non-hydrogen) atoms. The molecular formula is C34H44O4. The Morgan fingerprint density at radius 2 is 1.18 bits per heavy atom. The van der Waals surface area contributed by atoms with Gasteiger partial charge >= 0.3 is 5.97 Å². The van der Waals surface area contributed by atoms with Crippen molar-refractivity contribution in [2.45, 2.75) is 84.7 Å². The molecule has 3 aromatic carbocycles. The van der Waals surface area contributed by atoms with Crippen molar-refractivity contribution in [2.24, 2.45) is 0 Å². The predicted molar refractivity (Wildman–Crippen MR) is 156 cm³/mol. The molecule has 0 aromatic heterocycles. The van der Waals surface area contributed by atoms with Crippen LogP contribution in [-0.4, -0.2) is 19.2 Å². The molecule has 0 N–H and O–H groups in total. The lowest BCUT2D eigenvalue weighted by molar-refractivity contribution is 0.0627. The Morgan fingerprint density at radius 3 is 1.82 bits per heavy atom. The van der Waals surface area contributed by atoms with Gasteiger partial charge in [-0.2, -0.15) is 0 Å². The summed E-state index contributed by atoms with van der Waals surface area (Å²) in [6.07, 6.45) is 11.1. The quantitative estimate of drug-likeness (QED) is 0.102. The Labute approximate surface area is 229 Å². The van der Waals surface area contributed by atoms with Crippen molar-refractivity contribution >= 4 is 5.97 Å². The molecule has 0 bridgehead atoms. The third kappa shape index (κ3) is 9.98. The fourth-order valence-electron chi connectivity index (χ4n) is 4.27. The second-order valence-electron chi connectivity index (χ2n) is 9.90. The first-order valence-corrected chi connectivity index (χ1v) is 14.4. The van der Waals surface area contributed by atoms with Gasteiger partial charge in [0.15, 0.2) is 0 Å². The van der Waals surface area contributed by atoms with Gasteiger partial charge in [0, 0.05) is 6.61 Å². The molecule has 0 amide bonds. The van der Waals surface area contributed by atoms with E-state index in [4.69, 9.17) is 14.2 Å². The molecule has 0 aliphatic carbocycles. The van der Waals surface area contributed by atoms with E-state index in [0.29, 0.717) is 11.3 Å². The number of carbonyl (C=O) groups is 1. The van der Waals surface area contributed by atoms with Gasteiger partial charge in [0.2, 0.25) is 0 Å². The van der Waals surface area contributed by atoms with Gasteiger partial charge in [0.25, 0.3) is 0 Å². The second-order valence-corrected chi connectivity index (χ2v) is 9.90. The summed E-state index contributed by atoms with van der Waals surface area (Å²) in [5.74, 6) is 1.04. The zero-order chi connectivity index (χ0) is 27.0. The molecule has 4 nitrogen and oxygen atoms in total. The zero-order valence-corrected chi connectivity index (χ0v) is 23.4. The number of unbranched alkanes of at least 4 members (excludes halogenated alkanes) is 7. The smallest absolute Gasteiger partial charge is 0.343 e. The van der Waals surface area contributed by atoms with Crippen molar-refractivity contribution in [2.75, 3.05) is 13.2 Å². The van der Waals surface area contributed by atoms with E-state index >= 15 is 0 Å². The second kappa shape index (κ2) is 16.7. The van der Waals surface area contributed by atoms with Crippen LogP contribution in [0.2, 0.25) is 0 Å². The van der Waals surface area contributed by atoms with E-state index in [2.05, 4.69) is 20.8 Å². The fourth-order valence-corrected chi connectivity index (χ4v) is 4.27. The van der Waals surface area contributed by atoms with Gasteiger partial charge in [0.05, 0.1) is 18.3 Å². The normalized spacial score (nSPS) is 11.8. The van der Waals surface area contributed by atoms with E-state index in [1.54, 1.807) is 12.1 Å². The minimum atomic E-state index is -0.368. The molecule has 0 heterocycles. The van der Waals surface area contributed by atoms with E-state index in [-0.39, 0.29) is 12.1 Å². The van der Waals surface area contributed by atoms with E-state index < -0.39 is 0 Å². The Kier molecular flexibility index (Phi) is 12.9. The van der Waals surface area contributed by atoms with Crippen LogP contribution in [0.25, 0.3) is 11.1 Å². The third-order valence-electron chi connectivity index (χ3n) is 6.75. The largest absolute Gasteiger partial charge is 0.494 e. The molecule has 1 unspecified atom stereocenters. The minimum Gasteiger partial charge on any atom is -0.494 e. The summed E-state index contributed by atoms with van der Waals surface area (Å²) in [5.41, 5.74) is 3.71. The highest BCUT2D eigenvalue weighted by Crippen LogP contribution is 2.25. The van der Waals surface area contributed by atoms with Crippen molar-refractivity contribution in [1.29, 1.82) is 0 Å². The molecule has 3 rings (SSSR count). The van der Waals surface area contributed by atoms with Crippen molar-refractivity contribution < 1.29 is 19.0 Å². The Balaban J connectivity index is 1.43. The molecule has 0 aliphatic rings. The van der Waals surface area contributed by atoms with Crippen LogP contribution in [0.4, 0.5) is 0 Å². The maximum Gasteiger partial charge on any atom is 0.343 e. The molecule has 0 saturated heterocycles. The monoisotopic (exact) mass is 516 g/mol. The first kappa shape index (κ1) is 29.4. The summed E-state index contributed by atoms with van der Waals surface area (Å²) >= 11 is 0. The number of hydrogen-bond acceptors (Lipinski definition) is 4. The van der Waals surface area contributed by atoms with Crippen molar-refractivity contribution in [1.82, 2.24) is 0 Å². The maximum absolute atomic E-state index is 12.7. The topological polar surface area (TPSA) is 44.8 Å². The molecule has 0 aliphatic heterocycles. The van der Waals surface area contributed by atoms with Crippen LogP contribution in [0, 0.1) is 0 Å². The van der Waals surface area contributed by atoms with Crippen LogP contribution in [0.3, 0.4) is 0 Å². The lowest BCUT2D eigenvalue weighted by Gasteiger charge is -2.14. The SMILES string of the molecule is CCCCCCCCCOC(C)c1ccc(OC(=O)c2ccc(-c3ccc(OCCCC)cc3)cc2)cc1. The third-order valence-corrected chi connectivity index (χ3v) is 6.75. The van der Waals surface area contributed by atoms with Crippen molar-refractivity contribution in [3.05, 3.63) is 83.9 Å². The average Bonchev–Trinajstić information content (AvgIpc) is 2.95. The zero-order valence-electron chi connectivity index (χ0n) is 23.4. The molecular weight excluding hydrogens is 472 g/mol. The molecule has 0 radical (unpaired) electrons. The predicted octanol–water partition coefficient (Wildman–Crippen LogP) is 9.58. The molecule has 4 heteroatoms. The van der Waals surface area contributed by atoms with Gasteiger partial charge in [-0.25, -0.2) is 4.79 Å². The van der Waals surface area contributed by atoms with Gasteiger partial charge in [-0.1, -0.05) is 95.2 Å². The van der Waals surface area contributed by atoms with E-state index in [1.165, 1.54) is 38.5 Å². The van der Waals surface area contributed by atoms with Crippen LogP contribution >= 0.6 is 0 Å². The summed E-state index contributed by atoms with van der Waals surface area (Å²) in [5, 5.41) is 0. The highest BCUT2D eigenvalue weighted by molar-refractivity contribution is 5.91. The molecule has 1 atom stereocenters. The number of esters is 1. The van der Waals surface area contributed by atoms with Crippen LogP contribution in [0.5, 0.6) is 11.5 Å². The molecule has 3 aromatic rings. The van der Waals surface area contributed by atoms with Gasteiger partial charge < -0.3 is 14.2 Å². The highest BCUT2D eigenvalue weighted by Gasteiger charge is 2.11. The van der Waals surface area contributed by atoms with Gasteiger partial charge in [-0.3, -0.25) is 0 Å². The number of benzene rings is 3. The van der Waals surface area contributed by atoms with Gasteiger partial charge in [0.1, 0.15) is 11.5 Å². The number of rotatable bonds is 17. The highest BCUT2D eigenvalue weighted by atomic mass is 16.5. The van der Waals surface area contributed by atoms with Crippen LogP contribution in [0.1, 0.15) is 101 Å². The number of ether oxygens (including phenoxy) is 3. The van der Waals surface area contributed by atoms with E-state index in [1.807, 2.05) is 60.7 Å². The minimum absolute atomic E-state index is 0.0179.